The molecule has 0 saturated carbocycles. The molecule has 1 aromatic carbocycles. The average molecular weight is 306 g/mol. The molecule has 0 aliphatic carbocycles. The Morgan fingerprint density at radius 1 is 1.15 bits per heavy atom. The molecule has 0 fully saturated rings. The fraction of sp³-hybridized carbons (Fsp3) is 0.167. The van der Waals surface area contributed by atoms with Crippen LogP contribution in [0.15, 0.2) is 24.3 Å². The van der Waals surface area contributed by atoms with E-state index in [4.69, 9.17) is 11.6 Å². The molecule has 1 heterocycles. The van der Waals surface area contributed by atoms with Crippen LogP contribution >= 0.6 is 11.6 Å². The largest absolute Gasteiger partial charge is 0.451 e. The zero-order chi connectivity index (χ0) is 14.9. The topological polar surface area (TPSA) is 37.8 Å². The molecule has 2 aromatic rings. The van der Waals surface area contributed by atoms with Gasteiger partial charge in [-0.1, -0.05) is 11.6 Å². The van der Waals surface area contributed by atoms with E-state index in [1.54, 1.807) is 0 Å². The van der Waals surface area contributed by atoms with Crippen molar-refractivity contribution in [1.29, 1.82) is 0 Å². The van der Waals surface area contributed by atoms with Crippen LogP contribution in [-0.2, 0) is 6.18 Å². The molecule has 0 unspecified atom stereocenters. The van der Waals surface area contributed by atoms with Gasteiger partial charge in [0.1, 0.15) is 11.6 Å². The van der Waals surface area contributed by atoms with Crippen LogP contribution in [0.3, 0.4) is 0 Å². The first kappa shape index (κ1) is 14.5. The summed E-state index contributed by atoms with van der Waals surface area (Å²) in [4.78, 5) is 6.71. The van der Waals surface area contributed by atoms with Gasteiger partial charge in [0.05, 0.1) is 10.7 Å². The molecule has 0 aliphatic heterocycles. The van der Waals surface area contributed by atoms with Crippen LogP contribution in [0, 0.1) is 5.82 Å². The highest BCUT2D eigenvalue weighted by molar-refractivity contribution is 6.33. The maximum Gasteiger partial charge on any atom is 0.451 e. The number of rotatable bonds is 2. The maximum atomic E-state index is 13.2. The Hall–Kier alpha value is -1.89. The summed E-state index contributed by atoms with van der Waals surface area (Å²) in [5.74, 6) is -1.98. The Bertz CT molecular complexity index is 643. The van der Waals surface area contributed by atoms with Crippen molar-refractivity contribution in [3.63, 3.8) is 0 Å². The normalized spacial score (nSPS) is 11.5. The molecule has 106 valence electrons. The molecule has 0 aliphatic rings. The molecule has 0 amide bonds. The van der Waals surface area contributed by atoms with Crippen LogP contribution in [0.5, 0.6) is 0 Å². The number of hydrogen-bond donors (Lipinski definition) is 1. The van der Waals surface area contributed by atoms with Gasteiger partial charge in [0, 0.05) is 18.7 Å². The van der Waals surface area contributed by atoms with Crippen molar-refractivity contribution in [2.24, 2.45) is 0 Å². The summed E-state index contributed by atoms with van der Waals surface area (Å²) < 4.78 is 51.4. The standard InChI is InChI=1S/C12H8ClF4N3/c1-18-10-5-9(19-11(20-10)12(15,16)17)7-4-6(14)2-3-8(7)13/h2-5H,1H3,(H,18,19,20). The number of halogens is 5. The SMILES string of the molecule is CNc1cc(-c2cc(F)ccc2Cl)nc(C(F)(F)F)n1. The Kier molecular flexibility index (Phi) is 3.80. The van der Waals surface area contributed by atoms with E-state index in [0.717, 1.165) is 12.1 Å². The molecule has 1 aromatic heterocycles. The van der Waals surface area contributed by atoms with Crippen LogP contribution < -0.4 is 5.32 Å². The highest BCUT2D eigenvalue weighted by Crippen LogP contribution is 2.32. The van der Waals surface area contributed by atoms with E-state index in [0.29, 0.717) is 0 Å². The van der Waals surface area contributed by atoms with Crippen LogP contribution in [0.25, 0.3) is 11.3 Å². The predicted molar refractivity (Wildman–Crippen MR) is 67.0 cm³/mol. The van der Waals surface area contributed by atoms with Gasteiger partial charge in [-0.3, -0.25) is 0 Å². The van der Waals surface area contributed by atoms with Crippen molar-refractivity contribution in [3.8, 4) is 11.3 Å². The number of nitrogens with one attached hydrogen (secondary N) is 1. The van der Waals surface area contributed by atoms with E-state index in [2.05, 4.69) is 15.3 Å². The Labute approximate surface area is 116 Å². The van der Waals surface area contributed by atoms with Gasteiger partial charge in [-0.05, 0) is 18.2 Å². The van der Waals surface area contributed by atoms with Gasteiger partial charge < -0.3 is 5.32 Å². The van der Waals surface area contributed by atoms with Crippen LogP contribution in [-0.4, -0.2) is 17.0 Å². The smallest absolute Gasteiger partial charge is 0.373 e. The van der Waals surface area contributed by atoms with Gasteiger partial charge in [-0.15, -0.1) is 0 Å². The zero-order valence-electron chi connectivity index (χ0n) is 10.1. The molecule has 20 heavy (non-hydrogen) atoms. The number of aromatic nitrogens is 2. The lowest BCUT2D eigenvalue weighted by molar-refractivity contribution is -0.144. The summed E-state index contributed by atoms with van der Waals surface area (Å²) in [6, 6.07) is 4.64. The summed E-state index contributed by atoms with van der Waals surface area (Å²) in [7, 11) is 1.42. The number of alkyl halides is 3. The second kappa shape index (κ2) is 5.24. The van der Waals surface area contributed by atoms with Gasteiger partial charge in [-0.25, -0.2) is 14.4 Å². The first-order chi connectivity index (χ1) is 9.31. The van der Waals surface area contributed by atoms with Gasteiger partial charge >= 0.3 is 6.18 Å². The number of hydrogen-bond acceptors (Lipinski definition) is 3. The second-order valence-electron chi connectivity index (χ2n) is 3.83. The molecule has 0 atom stereocenters. The fourth-order valence-corrected chi connectivity index (χ4v) is 1.75. The third-order valence-corrected chi connectivity index (χ3v) is 2.77. The summed E-state index contributed by atoms with van der Waals surface area (Å²) in [5.41, 5.74) is -0.0442. The van der Waals surface area contributed by atoms with Crippen molar-refractivity contribution < 1.29 is 17.6 Å². The highest BCUT2D eigenvalue weighted by atomic mass is 35.5. The number of nitrogens with zero attached hydrogens (tertiary/aromatic N) is 2. The van der Waals surface area contributed by atoms with E-state index >= 15 is 0 Å². The van der Waals surface area contributed by atoms with Crippen LogP contribution in [0.4, 0.5) is 23.4 Å². The Balaban J connectivity index is 2.64. The summed E-state index contributed by atoms with van der Waals surface area (Å²) in [5, 5.41) is 2.59. The molecular formula is C12H8ClF4N3. The lowest BCUT2D eigenvalue weighted by Gasteiger charge is -2.11. The van der Waals surface area contributed by atoms with Gasteiger partial charge in [0.25, 0.3) is 0 Å². The molecule has 0 radical (unpaired) electrons. The van der Waals surface area contributed by atoms with E-state index in [9.17, 15) is 17.6 Å². The third kappa shape index (κ3) is 2.98. The van der Waals surface area contributed by atoms with E-state index < -0.39 is 17.8 Å². The number of benzene rings is 1. The number of anilines is 1. The fourth-order valence-electron chi connectivity index (χ4n) is 1.53. The molecule has 0 bridgehead atoms. The maximum absolute atomic E-state index is 13.2. The van der Waals surface area contributed by atoms with E-state index in [1.165, 1.54) is 19.2 Å². The van der Waals surface area contributed by atoms with Crippen molar-refractivity contribution >= 4 is 17.4 Å². The van der Waals surface area contributed by atoms with Crippen molar-refractivity contribution in [2.75, 3.05) is 12.4 Å². The predicted octanol–water partition coefficient (Wildman–Crippen LogP) is 4.00. The lowest BCUT2D eigenvalue weighted by Crippen LogP contribution is -2.13. The Morgan fingerprint density at radius 3 is 2.45 bits per heavy atom. The van der Waals surface area contributed by atoms with Crippen molar-refractivity contribution in [1.82, 2.24) is 9.97 Å². The molecule has 8 heteroatoms. The quantitative estimate of drug-likeness (QED) is 0.852. The molecule has 1 N–H and O–H groups in total. The van der Waals surface area contributed by atoms with E-state index in [1.807, 2.05) is 0 Å². The van der Waals surface area contributed by atoms with Gasteiger partial charge in [0.2, 0.25) is 5.82 Å². The monoisotopic (exact) mass is 305 g/mol. The Morgan fingerprint density at radius 2 is 1.85 bits per heavy atom. The molecule has 0 saturated heterocycles. The van der Waals surface area contributed by atoms with Crippen molar-refractivity contribution in [2.45, 2.75) is 6.18 Å². The molecular weight excluding hydrogens is 298 g/mol. The van der Waals surface area contributed by atoms with Crippen molar-refractivity contribution in [3.05, 3.63) is 40.9 Å². The summed E-state index contributed by atoms with van der Waals surface area (Å²) in [6.07, 6.45) is -4.71. The first-order valence-electron chi connectivity index (χ1n) is 5.40. The highest BCUT2D eigenvalue weighted by Gasteiger charge is 2.35. The summed E-state index contributed by atoms with van der Waals surface area (Å²) >= 11 is 5.86. The molecule has 0 spiro atoms. The van der Waals surface area contributed by atoms with E-state index in [-0.39, 0.29) is 22.1 Å². The van der Waals surface area contributed by atoms with Crippen LogP contribution in [0.2, 0.25) is 5.02 Å². The average Bonchev–Trinajstić information content (AvgIpc) is 2.40. The lowest BCUT2D eigenvalue weighted by atomic mass is 10.1. The molecule has 2 rings (SSSR count). The zero-order valence-corrected chi connectivity index (χ0v) is 10.8. The van der Waals surface area contributed by atoms with Gasteiger partial charge in [-0.2, -0.15) is 13.2 Å². The molecule has 3 nitrogen and oxygen atoms in total. The first-order valence-corrected chi connectivity index (χ1v) is 5.78. The minimum atomic E-state index is -4.71. The second-order valence-corrected chi connectivity index (χ2v) is 4.24. The van der Waals surface area contributed by atoms with Crippen LogP contribution in [0.1, 0.15) is 5.82 Å². The van der Waals surface area contributed by atoms with Gasteiger partial charge in [0.15, 0.2) is 0 Å². The minimum absolute atomic E-state index is 0.0392. The third-order valence-electron chi connectivity index (χ3n) is 2.44. The minimum Gasteiger partial charge on any atom is -0.373 e. The summed E-state index contributed by atoms with van der Waals surface area (Å²) in [6.45, 7) is 0.